The zero-order valence-corrected chi connectivity index (χ0v) is 12.3. The number of thioether (sulfide) groups is 1. The average Bonchev–Trinajstić information content (AvgIpc) is 2.78. The van der Waals surface area contributed by atoms with Crippen LogP contribution in [0.3, 0.4) is 0 Å². The zero-order valence-electron chi connectivity index (χ0n) is 10.7. The quantitative estimate of drug-likeness (QED) is 0.635. The summed E-state index contributed by atoms with van der Waals surface area (Å²) in [4.78, 5) is 3.02. The summed E-state index contributed by atoms with van der Waals surface area (Å²) in [6.45, 7) is 4.54. The minimum absolute atomic E-state index is 0.338. The minimum Gasteiger partial charge on any atom is -0.271 e. The second-order valence-electron chi connectivity index (χ2n) is 4.87. The van der Waals surface area contributed by atoms with Gasteiger partial charge >= 0.3 is 0 Å². The Hall–Kier alpha value is -0.0300. The number of hydrogen-bond acceptors (Lipinski definition) is 4. The molecule has 17 heavy (non-hydrogen) atoms. The molecule has 0 saturated heterocycles. The molecule has 2 unspecified atom stereocenters. The summed E-state index contributed by atoms with van der Waals surface area (Å²) in [5.74, 6) is 8.91. The van der Waals surface area contributed by atoms with Crippen LogP contribution in [0, 0.1) is 5.92 Å². The highest BCUT2D eigenvalue weighted by atomic mass is 32.2. The highest BCUT2D eigenvalue weighted by Crippen LogP contribution is 2.36. The Balaban J connectivity index is 2.10. The van der Waals surface area contributed by atoms with E-state index in [0.717, 1.165) is 12.3 Å². The highest BCUT2D eigenvalue weighted by Gasteiger charge is 2.19. The molecule has 1 aromatic heterocycles. The SMILES string of the molecule is CCC(C)CC(NN)c1cc2c(s1)CCSC2. The summed E-state index contributed by atoms with van der Waals surface area (Å²) >= 11 is 4.01. The van der Waals surface area contributed by atoms with Gasteiger partial charge in [-0.15, -0.1) is 11.3 Å². The molecule has 1 aliphatic heterocycles. The maximum absolute atomic E-state index is 5.72. The molecule has 0 spiro atoms. The van der Waals surface area contributed by atoms with Crippen molar-refractivity contribution in [3.63, 3.8) is 0 Å². The van der Waals surface area contributed by atoms with Crippen LogP contribution in [0.25, 0.3) is 0 Å². The summed E-state index contributed by atoms with van der Waals surface area (Å²) in [5, 5.41) is 0. The van der Waals surface area contributed by atoms with Gasteiger partial charge in [-0.2, -0.15) is 11.8 Å². The van der Waals surface area contributed by atoms with Crippen molar-refractivity contribution in [2.45, 2.75) is 44.9 Å². The van der Waals surface area contributed by atoms with Crippen molar-refractivity contribution in [1.82, 2.24) is 5.43 Å². The number of thiophene rings is 1. The molecule has 0 bridgehead atoms. The first-order valence-electron chi connectivity index (χ1n) is 6.40. The summed E-state index contributed by atoms with van der Waals surface area (Å²) in [5.41, 5.74) is 4.54. The number of nitrogens with one attached hydrogen (secondary N) is 1. The van der Waals surface area contributed by atoms with Crippen LogP contribution in [0.1, 0.15) is 48.0 Å². The van der Waals surface area contributed by atoms with Crippen molar-refractivity contribution in [2.75, 3.05) is 5.75 Å². The number of hydrazine groups is 1. The Bertz CT molecular complexity index is 339. The lowest BCUT2D eigenvalue weighted by Gasteiger charge is -2.18. The maximum Gasteiger partial charge on any atom is 0.0556 e. The van der Waals surface area contributed by atoms with Crippen molar-refractivity contribution in [1.29, 1.82) is 0 Å². The van der Waals surface area contributed by atoms with Gasteiger partial charge in [-0.1, -0.05) is 20.3 Å². The van der Waals surface area contributed by atoms with Crippen LogP contribution < -0.4 is 11.3 Å². The molecule has 3 N–H and O–H groups in total. The van der Waals surface area contributed by atoms with E-state index in [1.165, 1.54) is 29.2 Å². The molecule has 0 aromatic carbocycles. The molecule has 4 heteroatoms. The van der Waals surface area contributed by atoms with Gasteiger partial charge in [0.05, 0.1) is 6.04 Å². The van der Waals surface area contributed by atoms with Crippen LogP contribution in [-0.2, 0) is 12.2 Å². The summed E-state index contributed by atoms with van der Waals surface area (Å²) < 4.78 is 0. The molecule has 2 heterocycles. The topological polar surface area (TPSA) is 38.0 Å². The van der Waals surface area contributed by atoms with Gasteiger partial charge in [0.1, 0.15) is 0 Å². The Morgan fingerprint density at radius 2 is 2.35 bits per heavy atom. The first-order chi connectivity index (χ1) is 8.24. The Morgan fingerprint density at radius 3 is 3.00 bits per heavy atom. The molecule has 2 atom stereocenters. The molecule has 0 saturated carbocycles. The second-order valence-corrected chi connectivity index (χ2v) is 7.14. The Labute approximate surface area is 112 Å². The maximum atomic E-state index is 5.72. The molecule has 0 amide bonds. The number of rotatable bonds is 5. The van der Waals surface area contributed by atoms with E-state index in [1.807, 2.05) is 23.1 Å². The van der Waals surface area contributed by atoms with Gasteiger partial charge in [-0.05, 0) is 36.1 Å². The number of aryl methyl sites for hydroxylation is 1. The van der Waals surface area contributed by atoms with Gasteiger partial charge in [-0.3, -0.25) is 11.3 Å². The summed E-state index contributed by atoms with van der Waals surface area (Å²) in [6, 6.07) is 2.71. The van der Waals surface area contributed by atoms with E-state index in [-0.39, 0.29) is 0 Å². The first-order valence-corrected chi connectivity index (χ1v) is 8.37. The molecular formula is C13H22N2S2. The summed E-state index contributed by atoms with van der Waals surface area (Å²) in [6.07, 6.45) is 3.60. The number of nitrogens with two attached hydrogens (primary N) is 1. The van der Waals surface area contributed by atoms with E-state index >= 15 is 0 Å². The second kappa shape index (κ2) is 6.23. The monoisotopic (exact) mass is 270 g/mol. The lowest BCUT2D eigenvalue weighted by atomic mass is 9.98. The van der Waals surface area contributed by atoms with Crippen LogP contribution >= 0.6 is 23.1 Å². The Morgan fingerprint density at radius 1 is 1.53 bits per heavy atom. The fourth-order valence-corrected chi connectivity index (χ4v) is 4.63. The fourth-order valence-electron chi connectivity index (χ4n) is 2.18. The molecule has 0 fully saturated rings. The van der Waals surface area contributed by atoms with Crippen molar-refractivity contribution >= 4 is 23.1 Å². The van der Waals surface area contributed by atoms with Crippen molar-refractivity contribution < 1.29 is 0 Å². The van der Waals surface area contributed by atoms with Crippen LogP contribution in [0.5, 0.6) is 0 Å². The van der Waals surface area contributed by atoms with E-state index < -0.39 is 0 Å². The molecule has 1 aliphatic rings. The van der Waals surface area contributed by atoms with Crippen molar-refractivity contribution in [3.8, 4) is 0 Å². The van der Waals surface area contributed by atoms with Crippen molar-refractivity contribution in [3.05, 3.63) is 21.4 Å². The van der Waals surface area contributed by atoms with Crippen LogP contribution in [-0.4, -0.2) is 5.75 Å². The van der Waals surface area contributed by atoms with Crippen LogP contribution in [0.2, 0.25) is 0 Å². The molecule has 96 valence electrons. The van der Waals surface area contributed by atoms with Gasteiger partial charge in [0.25, 0.3) is 0 Å². The predicted molar refractivity (Wildman–Crippen MR) is 78.3 cm³/mol. The zero-order chi connectivity index (χ0) is 12.3. The third-order valence-corrected chi connectivity index (χ3v) is 5.89. The molecule has 1 aromatic rings. The fraction of sp³-hybridized carbons (Fsp3) is 0.692. The molecule has 2 rings (SSSR count). The van der Waals surface area contributed by atoms with E-state index in [0.29, 0.717) is 6.04 Å². The van der Waals surface area contributed by atoms with Gasteiger partial charge in [0.2, 0.25) is 0 Å². The van der Waals surface area contributed by atoms with E-state index in [9.17, 15) is 0 Å². The predicted octanol–water partition coefficient (Wildman–Crippen LogP) is 3.48. The van der Waals surface area contributed by atoms with Crippen LogP contribution in [0.15, 0.2) is 6.07 Å². The largest absolute Gasteiger partial charge is 0.271 e. The van der Waals surface area contributed by atoms with Crippen molar-refractivity contribution in [2.24, 2.45) is 11.8 Å². The van der Waals surface area contributed by atoms with Gasteiger partial charge in [0, 0.05) is 15.5 Å². The van der Waals surface area contributed by atoms with Gasteiger partial charge < -0.3 is 0 Å². The lowest BCUT2D eigenvalue weighted by molar-refractivity contribution is 0.412. The summed E-state index contributed by atoms with van der Waals surface area (Å²) in [7, 11) is 0. The highest BCUT2D eigenvalue weighted by molar-refractivity contribution is 7.98. The lowest BCUT2D eigenvalue weighted by Crippen LogP contribution is -2.28. The number of fused-ring (bicyclic) bond motifs is 1. The molecular weight excluding hydrogens is 248 g/mol. The standard InChI is InChI=1S/C13H22N2S2/c1-3-9(2)6-11(15-14)13-7-10-8-16-5-4-12(10)17-13/h7,9,11,15H,3-6,8,14H2,1-2H3. The third kappa shape index (κ3) is 3.25. The molecule has 0 aliphatic carbocycles. The smallest absolute Gasteiger partial charge is 0.0556 e. The first kappa shape index (κ1) is 13.4. The average molecular weight is 270 g/mol. The van der Waals surface area contributed by atoms with E-state index in [4.69, 9.17) is 5.84 Å². The van der Waals surface area contributed by atoms with E-state index in [2.05, 4.69) is 25.3 Å². The molecule has 0 radical (unpaired) electrons. The van der Waals surface area contributed by atoms with Crippen LogP contribution in [0.4, 0.5) is 0 Å². The minimum atomic E-state index is 0.338. The van der Waals surface area contributed by atoms with Gasteiger partial charge in [-0.25, -0.2) is 0 Å². The molecule has 2 nitrogen and oxygen atoms in total. The third-order valence-electron chi connectivity index (χ3n) is 3.53. The normalized spacial score (nSPS) is 18.8. The van der Waals surface area contributed by atoms with Gasteiger partial charge in [0.15, 0.2) is 0 Å². The van der Waals surface area contributed by atoms with E-state index in [1.54, 1.807) is 10.4 Å². The number of hydrogen-bond donors (Lipinski definition) is 2. The Kier molecular flexibility index (Phi) is 4.91.